The summed E-state index contributed by atoms with van der Waals surface area (Å²) in [5, 5.41) is 13.4. The summed E-state index contributed by atoms with van der Waals surface area (Å²) in [4.78, 5) is 38.4. The molecule has 2 aliphatic heterocycles. The Morgan fingerprint density at radius 2 is 2.13 bits per heavy atom. The number of fused-ring (bicyclic) bond motifs is 1. The fraction of sp³-hybridized carbons (Fsp3) is 0.368. The molecule has 0 aliphatic carbocycles. The molecule has 0 spiro atoms. The first kappa shape index (κ1) is 19.7. The molecule has 2 aromatic rings. The van der Waals surface area contributed by atoms with Gasteiger partial charge in [0.1, 0.15) is 11.9 Å². The van der Waals surface area contributed by atoms with Crippen LogP contribution >= 0.6 is 0 Å². The van der Waals surface area contributed by atoms with Crippen molar-refractivity contribution in [1.82, 2.24) is 14.7 Å². The molecule has 10 nitrogen and oxygen atoms in total. The molecular formula is C19H20FN5O5. The Balaban J connectivity index is 1.46. The van der Waals surface area contributed by atoms with Crippen molar-refractivity contribution in [2.24, 2.45) is 7.05 Å². The topological polar surface area (TPSA) is 108 Å². The van der Waals surface area contributed by atoms with Crippen LogP contribution in [0.4, 0.5) is 25.4 Å². The highest BCUT2D eigenvalue weighted by Gasteiger charge is 2.36. The van der Waals surface area contributed by atoms with Crippen LogP contribution in [0.5, 0.6) is 0 Å². The maximum absolute atomic E-state index is 14.8. The van der Waals surface area contributed by atoms with Gasteiger partial charge in [-0.15, -0.1) is 0 Å². The van der Waals surface area contributed by atoms with Gasteiger partial charge in [-0.2, -0.15) is 5.10 Å². The average Bonchev–Trinajstić information content (AvgIpc) is 3.31. The number of halogens is 1. The number of carbonyl (C=O) groups is 3. The van der Waals surface area contributed by atoms with Crippen LogP contribution < -0.4 is 9.80 Å². The third-order valence-electron chi connectivity index (χ3n) is 5.15. The zero-order valence-electron chi connectivity index (χ0n) is 16.4. The molecule has 0 radical (unpaired) electrons. The first-order chi connectivity index (χ1) is 14.2. The predicted octanol–water partition coefficient (Wildman–Crippen LogP) is 1.93. The molecule has 4 rings (SSSR count). The first-order valence-electron chi connectivity index (χ1n) is 9.28. The van der Waals surface area contributed by atoms with Crippen molar-refractivity contribution in [1.29, 1.82) is 0 Å². The van der Waals surface area contributed by atoms with E-state index in [-0.39, 0.29) is 13.1 Å². The molecule has 11 heteroatoms. The number of aromatic nitrogens is 2. The van der Waals surface area contributed by atoms with Gasteiger partial charge in [0.15, 0.2) is 0 Å². The number of rotatable bonds is 4. The zero-order chi connectivity index (χ0) is 21.6. The van der Waals surface area contributed by atoms with Crippen molar-refractivity contribution < 1.29 is 28.6 Å². The smallest absolute Gasteiger partial charge is 0.414 e. The Morgan fingerprint density at radius 3 is 2.77 bits per heavy atom. The van der Waals surface area contributed by atoms with E-state index in [1.165, 1.54) is 11.0 Å². The van der Waals surface area contributed by atoms with E-state index < -0.39 is 30.0 Å². The summed E-state index contributed by atoms with van der Waals surface area (Å²) in [6.45, 7) is 1.88. The monoisotopic (exact) mass is 417 g/mol. The maximum Gasteiger partial charge on any atom is 0.414 e. The summed E-state index contributed by atoms with van der Waals surface area (Å²) in [6, 6.07) is 4.45. The number of cyclic esters (lactones) is 1. The second kappa shape index (κ2) is 7.32. The van der Waals surface area contributed by atoms with Gasteiger partial charge < -0.3 is 14.7 Å². The third kappa shape index (κ3) is 3.53. The Hall–Kier alpha value is -3.63. The van der Waals surface area contributed by atoms with Crippen molar-refractivity contribution in [2.75, 3.05) is 22.9 Å². The molecule has 1 aromatic heterocycles. The van der Waals surface area contributed by atoms with Gasteiger partial charge in [-0.1, -0.05) is 0 Å². The van der Waals surface area contributed by atoms with E-state index in [9.17, 15) is 18.8 Å². The number of amides is 3. The van der Waals surface area contributed by atoms with Gasteiger partial charge in [-0.05, 0) is 18.2 Å². The van der Waals surface area contributed by atoms with Crippen LogP contribution in [0.3, 0.4) is 0 Å². The molecule has 3 amide bonds. The molecule has 30 heavy (non-hydrogen) atoms. The van der Waals surface area contributed by atoms with Crippen molar-refractivity contribution in [3.05, 3.63) is 41.5 Å². The average molecular weight is 417 g/mol. The Bertz CT molecular complexity index is 1000. The van der Waals surface area contributed by atoms with E-state index in [1.807, 2.05) is 18.1 Å². The van der Waals surface area contributed by atoms with Crippen LogP contribution in [0, 0.1) is 5.82 Å². The molecule has 3 heterocycles. The minimum atomic E-state index is -1.42. The second-order valence-electron chi connectivity index (χ2n) is 7.30. The lowest BCUT2D eigenvalue weighted by Crippen LogP contribution is -2.41. The normalized spacial score (nSPS) is 17.8. The zero-order valence-corrected chi connectivity index (χ0v) is 16.4. The van der Waals surface area contributed by atoms with E-state index in [2.05, 4.69) is 5.10 Å². The molecule has 0 bridgehead atoms. The predicted molar refractivity (Wildman–Crippen MR) is 103 cm³/mol. The number of carbonyl (C=O) groups excluding carboxylic acids is 2. The highest BCUT2D eigenvalue weighted by Crippen LogP contribution is 2.32. The lowest BCUT2D eigenvalue weighted by Gasteiger charge is -2.21. The fourth-order valence-electron chi connectivity index (χ4n) is 3.75. The number of hydrogen-bond acceptors (Lipinski definition) is 6. The summed E-state index contributed by atoms with van der Waals surface area (Å²) >= 11 is 0. The van der Waals surface area contributed by atoms with E-state index in [1.54, 1.807) is 16.8 Å². The van der Waals surface area contributed by atoms with Gasteiger partial charge in [0.25, 0.3) is 0 Å². The lowest BCUT2D eigenvalue weighted by atomic mass is 10.2. The Labute approximate surface area is 171 Å². The Kier molecular flexibility index (Phi) is 4.80. The van der Waals surface area contributed by atoms with Crippen LogP contribution in [-0.2, 0) is 29.7 Å². The van der Waals surface area contributed by atoms with E-state index in [0.717, 1.165) is 18.2 Å². The molecule has 1 fully saturated rings. The van der Waals surface area contributed by atoms with Crippen molar-refractivity contribution in [3.63, 3.8) is 0 Å². The summed E-state index contributed by atoms with van der Waals surface area (Å²) < 4.78 is 21.7. The van der Waals surface area contributed by atoms with E-state index >= 15 is 0 Å². The quantitative estimate of drug-likeness (QED) is 0.810. The second-order valence-corrected chi connectivity index (χ2v) is 7.30. The molecular weight excluding hydrogens is 397 g/mol. The molecule has 1 aromatic carbocycles. The van der Waals surface area contributed by atoms with Gasteiger partial charge in [0.05, 0.1) is 36.7 Å². The largest absolute Gasteiger partial charge is 0.465 e. The lowest BCUT2D eigenvalue weighted by molar-refractivity contribution is -0.127. The van der Waals surface area contributed by atoms with Crippen LogP contribution in [0.15, 0.2) is 24.4 Å². The van der Waals surface area contributed by atoms with Gasteiger partial charge in [0, 0.05) is 32.3 Å². The van der Waals surface area contributed by atoms with Gasteiger partial charge in [0.2, 0.25) is 5.91 Å². The van der Waals surface area contributed by atoms with Crippen molar-refractivity contribution >= 4 is 29.5 Å². The highest BCUT2D eigenvalue weighted by molar-refractivity contribution is 5.91. The minimum Gasteiger partial charge on any atom is -0.465 e. The number of benzene rings is 1. The van der Waals surface area contributed by atoms with E-state index in [4.69, 9.17) is 9.84 Å². The third-order valence-corrected chi connectivity index (χ3v) is 5.15. The number of aryl methyl sites for hydroxylation is 1. The number of anilines is 2. The molecule has 0 saturated carbocycles. The first-order valence-corrected chi connectivity index (χ1v) is 9.28. The van der Waals surface area contributed by atoms with Gasteiger partial charge in [-0.25, -0.2) is 18.9 Å². The summed E-state index contributed by atoms with van der Waals surface area (Å²) in [7, 11) is 1.84. The summed E-state index contributed by atoms with van der Waals surface area (Å²) in [6.07, 6.45) is -1.07. The number of hydrogen-bond donors (Lipinski definition) is 1. The van der Waals surface area contributed by atoms with Gasteiger partial charge in [-0.3, -0.25) is 14.4 Å². The highest BCUT2D eigenvalue weighted by atomic mass is 19.1. The molecule has 1 unspecified atom stereocenters. The van der Waals surface area contributed by atoms with Crippen molar-refractivity contribution in [3.8, 4) is 0 Å². The van der Waals surface area contributed by atoms with Crippen LogP contribution in [0.2, 0.25) is 0 Å². The molecule has 1 saturated heterocycles. The minimum absolute atomic E-state index is 0.00835. The number of nitrogens with zero attached hydrogens (tertiary/aromatic N) is 5. The number of imide groups is 1. The number of carboxylic acid groups (broad SMARTS) is 1. The summed E-state index contributed by atoms with van der Waals surface area (Å²) in [5.74, 6) is -1.16. The van der Waals surface area contributed by atoms with Crippen molar-refractivity contribution in [2.45, 2.75) is 26.1 Å². The molecule has 2 aliphatic rings. The molecule has 1 N–H and O–H groups in total. The Morgan fingerprint density at radius 1 is 1.37 bits per heavy atom. The van der Waals surface area contributed by atoms with Crippen LogP contribution in [0.25, 0.3) is 0 Å². The number of ether oxygens (including phenoxy) is 1. The van der Waals surface area contributed by atoms with E-state index in [0.29, 0.717) is 29.4 Å². The SMILES string of the molecule is CC(=O)N(CC1CN(c2ccc(N3Cc4cn(C)nc4C3)c(F)c2)C(=O)O1)C(=O)O. The molecule has 158 valence electrons. The summed E-state index contributed by atoms with van der Waals surface area (Å²) in [5.41, 5.74) is 2.64. The fourth-order valence-corrected chi connectivity index (χ4v) is 3.75. The van der Waals surface area contributed by atoms with Crippen LogP contribution in [-0.4, -0.2) is 57.1 Å². The van der Waals surface area contributed by atoms with Crippen LogP contribution in [0.1, 0.15) is 18.2 Å². The van der Waals surface area contributed by atoms with Gasteiger partial charge >= 0.3 is 12.2 Å². The standard InChI is InChI=1S/C19H20FN5O5/c1-11(26)24(18(27)28)8-14-9-25(19(29)30-14)13-3-4-17(15(20)5-13)23-7-12-6-22(2)21-16(12)10-23/h3-6,14H,7-10H2,1-2H3,(H,27,28). The molecule has 1 atom stereocenters. The maximum atomic E-state index is 14.8.